The fourth-order valence-electron chi connectivity index (χ4n) is 3.92. The lowest BCUT2D eigenvalue weighted by atomic mass is 9.88. The number of hydrogen-bond acceptors (Lipinski definition) is 4. The summed E-state index contributed by atoms with van der Waals surface area (Å²) >= 11 is 6.23. The number of likely N-dealkylation sites (N-methyl/N-ethyl adjacent to an activating group) is 1. The lowest BCUT2D eigenvalue weighted by Gasteiger charge is -2.41. The van der Waals surface area contributed by atoms with Crippen molar-refractivity contribution in [3.63, 3.8) is 0 Å². The smallest absolute Gasteiger partial charge is 0.315 e. The molecule has 0 spiro atoms. The molecule has 0 saturated heterocycles. The molecule has 2 heterocycles. The normalized spacial score (nSPS) is 15.9. The van der Waals surface area contributed by atoms with Crippen LogP contribution in [0.15, 0.2) is 36.4 Å². The van der Waals surface area contributed by atoms with Gasteiger partial charge in [-0.15, -0.1) is 0 Å². The highest BCUT2D eigenvalue weighted by Gasteiger charge is 2.36. The quantitative estimate of drug-likeness (QED) is 0.626. The Labute approximate surface area is 195 Å². The number of benzene rings is 1. The summed E-state index contributed by atoms with van der Waals surface area (Å²) in [6.45, 7) is 10.7. The molecule has 3 amide bonds. The van der Waals surface area contributed by atoms with Gasteiger partial charge in [-0.25, -0.2) is 9.78 Å². The van der Waals surface area contributed by atoms with Gasteiger partial charge in [0, 0.05) is 11.1 Å². The highest BCUT2D eigenvalue weighted by molar-refractivity contribution is 6.31. The van der Waals surface area contributed by atoms with Crippen LogP contribution in [-0.4, -0.2) is 41.0 Å². The van der Waals surface area contributed by atoms with Crippen molar-refractivity contribution in [2.45, 2.75) is 59.7 Å². The highest BCUT2D eigenvalue weighted by Crippen LogP contribution is 2.37. The third-order valence-corrected chi connectivity index (χ3v) is 5.77. The monoisotopic (exact) mass is 457 g/mol. The van der Waals surface area contributed by atoms with Gasteiger partial charge in [-0.05, 0) is 63.1 Å². The van der Waals surface area contributed by atoms with Crippen molar-refractivity contribution in [2.75, 3.05) is 17.3 Å². The van der Waals surface area contributed by atoms with Gasteiger partial charge in [-0.2, -0.15) is 0 Å². The first-order chi connectivity index (χ1) is 15.0. The first-order valence-corrected chi connectivity index (χ1v) is 11.2. The number of halogens is 1. The zero-order chi connectivity index (χ0) is 23.6. The topological polar surface area (TPSA) is 77.6 Å². The summed E-state index contributed by atoms with van der Waals surface area (Å²) in [7, 11) is 1.73. The number of hydrogen-bond donors (Lipinski definition) is 2. The minimum Gasteiger partial charge on any atom is -0.315 e. The molecule has 1 aliphatic heterocycles. The van der Waals surface area contributed by atoms with Gasteiger partial charge in [-0.1, -0.05) is 38.4 Å². The molecular formula is C24H32ClN5O2. The Morgan fingerprint density at radius 1 is 1.22 bits per heavy atom. The molecule has 2 aromatic rings. The fraction of sp³-hybridized carbons (Fsp3) is 0.458. The van der Waals surface area contributed by atoms with Crippen LogP contribution in [0.2, 0.25) is 5.02 Å². The third-order valence-electron chi connectivity index (χ3n) is 5.53. The average molecular weight is 458 g/mol. The maximum absolute atomic E-state index is 13.6. The van der Waals surface area contributed by atoms with Crippen molar-refractivity contribution in [1.29, 1.82) is 0 Å². The molecule has 1 aromatic carbocycles. The van der Waals surface area contributed by atoms with E-state index in [2.05, 4.69) is 38.3 Å². The lowest BCUT2D eigenvalue weighted by Crippen LogP contribution is -2.49. The van der Waals surface area contributed by atoms with Crippen LogP contribution >= 0.6 is 11.6 Å². The summed E-state index contributed by atoms with van der Waals surface area (Å²) < 4.78 is 0. The van der Waals surface area contributed by atoms with Gasteiger partial charge in [0.15, 0.2) is 0 Å². The molecule has 1 aromatic heterocycles. The third kappa shape index (κ3) is 5.40. The van der Waals surface area contributed by atoms with Crippen LogP contribution in [0.3, 0.4) is 0 Å². The fourth-order valence-corrected chi connectivity index (χ4v) is 4.10. The zero-order valence-electron chi connectivity index (χ0n) is 19.6. The highest BCUT2D eigenvalue weighted by atomic mass is 35.5. The second-order valence-electron chi connectivity index (χ2n) is 9.50. The molecule has 1 unspecified atom stereocenters. The molecule has 8 heteroatoms. The van der Waals surface area contributed by atoms with Crippen LogP contribution in [0.25, 0.3) is 0 Å². The molecule has 172 valence electrons. The Morgan fingerprint density at radius 3 is 2.56 bits per heavy atom. The van der Waals surface area contributed by atoms with E-state index in [4.69, 9.17) is 16.6 Å². The van der Waals surface area contributed by atoms with Gasteiger partial charge in [-0.3, -0.25) is 9.69 Å². The van der Waals surface area contributed by atoms with Crippen LogP contribution in [0.5, 0.6) is 0 Å². The number of carbonyl (C=O) groups is 2. The second kappa shape index (κ2) is 9.46. The van der Waals surface area contributed by atoms with E-state index in [1.54, 1.807) is 37.1 Å². The molecule has 0 saturated carbocycles. The molecule has 2 atom stereocenters. The number of carbonyl (C=O) groups excluding carboxylic acids is 2. The number of amides is 3. The number of pyridine rings is 1. The molecule has 0 aliphatic carbocycles. The van der Waals surface area contributed by atoms with Crippen LogP contribution in [0.4, 0.5) is 22.0 Å². The molecule has 0 fully saturated rings. The number of urea groups is 1. The predicted octanol–water partition coefficient (Wildman–Crippen LogP) is 5.18. The van der Waals surface area contributed by atoms with Crippen LogP contribution in [0.1, 0.15) is 46.7 Å². The van der Waals surface area contributed by atoms with Gasteiger partial charge < -0.3 is 15.5 Å². The van der Waals surface area contributed by atoms with E-state index in [0.717, 1.165) is 12.1 Å². The number of nitrogens with one attached hydrogen (secondary N) is 2. The number of aromatic nitrogens is 1. The molecule has 3 rings (SSSR count). The number of anilines is 3. The Balaban J connectivity index is 2.02. The summed E-state index contributed by atoms with van der Waals surface area (Å²) in [6, 6.07) is 10.3. The Bertz CT molecular complexity index is 1000. The number of nitrogens with zero attached hydrogens (tertiary/aromatic N) is 3. The van der Waals surface area contributed by atoms with Crippen molar-refractivity contribution in [1.82, 2.24) is 15.2 Å². The lowest BCUT2D eigenvalue weighted by molar-refractivity contribution is -0.117. The van der Waals surface area contributed by atoms with Crippen LogP contribution in [-0.2, 0) is 11.3 Å². The summed E-state index contributed by atoms with van der Waals surface area (Å²) in [5.74, 6) is 0.288. The van der Waals surface area contributed by atoms with Crippen molar-refractivity contribution in [3.8, 4) is 0 Å². The maximum Gasteiger partial charge on any atom is 0.329 e. The molecular weight excluding hydrogens is 426 g/mol. The van der Waals surface area contributed by atoms with E-state index in [0.29, 0.717) is 28.8 Å². The molecule has 32 heavy (non-hydrogen) atoms. The largest absolute Gasteiger partial charge is 0.329 e. The summed E-state index contributed by atoms with van der Waals surface area (Å²) in [6.07, 6.45) is 0.841. The Kier molecular flexibility index (Phi) is 7.10. The molecule has 1 aliphatic rings. The SMILES string of the molecule is CNC(C)C(=O)Nc1ccc2c(n1)CN([C@@H](C)CC(C)(C)C)C(=O)N2c1cccc(Cl)c1. The average Bonchev–Trinajstić information content (AvgIpc) is 2.71. The van der Waals surface area contributed by atoms with Crippen molar-refractivity contribution in [3.05, 3.63) is 47.1 Å². The van der Waals surface area contributed by atoms with E-state index < -0.39 is 0 Å². The summed E-state index contributed by atoms with van der Waals surface area (Å²) in [5, 5.41) is 6.31. The minimum atomic E-state index is -0.347. The molecule has 7 nitrogen and oxygen atoms in total. The van der Waals surface area contributed by atoms with E-state index in [1.807, 2.05) is 23.1 Å². The molecule has 0 radical (unpaired) electrons. The van der Waals surface area contributed by atoms with Crippen molar-refractivity contribution in [2.24, 2.45) is 5.41 Å². The second-order valence-corrected chi connectivity index (χ2v) is 9.94. The van der Waals surface area contributed by atoms with Crippen LogP contribution in [0, 0.1) is 5.41 Å². The minimum absolute atomic E-state index is 0.00157. The first-order valence-electron chi connectivity index (χ1n) is 10.8. The summed E-state index contributed by atoms with van der Waals surface area (Å²) in [5.41, 5.74) is 2.16. The zero-order valence-corrected chi connectivity index (χ0v) is 20.3. The van der Waals surface area contributed by atoms with E-state index in [1.165, 1.54) is 0 Å². The Hall–Kier alpha value is -2.64. The Morgan fingerprint density at radius 2 is 1.94 bits per heavy atom. The van der Waals surface area contributed by atoms with Gasteiger partial charge in [0.25, 0.3) is 0 Å². The van der Waals surface area contributed by atoms with Crippen LogP contribution < -0.4 is 15.5 Å². The van der Waals surface area contributed by atoms with Crippen molar-refractivity contribution < 1.29 is 9.59 Å². The molecule has 2 N–H and O–H groups in total. The van der Waals surface area contributed by atoms with Gasteiger partial charge in [0.2, 0.25) is 5.91 Å². The maximum atomic E-state index is 13.6. The molecule has 0 bridgehead atoms. The predicted molar refractivity (Wildman–Crippen MR) is 129 cm³/mol. The van der Waals surface area contributed by atoms with Gasteiger partial charge in [0.1, 0.15) is 5.82 Å². The standard InChI is InChI=1S/C24H32ClN5O2/c1-15(13-24(3,4)5)29-14-19-20(10-11-21(27-19)28-22(31)16(2)26-6)30(23(29)32)18-9-7-8-17(25)12-18/h7-12,15-16,26H,13-14H2,1-6H3,(H,27,28,31)/t15-,16?/m0/s1. The van der Waals surface area contributed by atoms with Crippen molar-refractivity contribution >= 4 is 40.7 Å². The first kappa shape index (κ1) is 24.0. The van der Waals surface area contributed by atoms with E-state index in [-0.39, 0.29) is 29.4 Å². The number of fused-ring (bicyclic) bond motifs is 1. The van der Waals surface area contributed by atoms with Gasteiger partial charge >= 0.3 is 6.03 Å². The summed E-state index contributed by atoms with van der Waals surface area (Å²) in [4.78, 5) is 34.1. The van der Waals surface area contributed by atoms with E-state index in [9.17, 15) is 9.59 Å². The number of rotatable bonds is 6. The van der Waals surface area contributed by atoms with Gasteiger partial charge in [0.05, 0.1) is 29.7 Å². The van der Waals surface area contributed by atoms with E-state index >= 15 is 0 Å².